The van der Waals surface area contributed by atoms with Crippen molar-refractivity contribution in [2.45, 2.75) is 26.4 Å². The van der Waals surface area contributed by atoms with Crippen molar-refractivity contribution in [3.63, 3.8) is 0 Å². The van der Waals surface area contributed by atoms with Crippen LogP contribution in [0.3, 0.4) is 0 Å². The molecule has 0 radical (unpaired) electrons. The molecular formula is C21H18ClN7O. The van der Waals surface area contributed by atoms with E-state index >= 15 is 0 Å². The van der Waals surface area contributed by atoms with Gasteiger partial charge in [-0.1, -0.05) is 30.3 Å². The minimum atomic E-state index is 0.185. The summed E-state index contributed by atoms with van der Waals surface area (Å²) in [5.74, 6) is 0.607. The van der Waals surface area contributed by atoms with Crippen molar-refractivity contribution in [1.82, 2.24) is 29.8 Å². The fourth-order valence-corrected chi connectivity index (χ4v) is 3.64. The number of rotatable bonds is 5. The summed E-state index contributed by atoms with van der Waals surface area (Å²) in [7, 11) is 0. The largest absolute Gasteiger partial charge is 0.364 e. The Morgan fingerprint density at radius 3 is 2.77 bits per heavy atom. The zero-order chi connectivity index (χ0) is 20.7. The SMILES string of the molecule is CC(C)n1cnc2c(NCc3ccccc3-c3ccc4nonc4c3)nc(Cl)nc21. The molecule has 0 amide bonds. The molecule has 3 aromatic heterocycles. The maximum atomic E-state index is 6.19. The average Bonchev–Trinajstić information content (AvgIpc) is 3.38. The van der Waals surface area contributed by atoms with Crippen LogP contribution in [0, 0.1) is 0 Å². The average molecular weight is 420 g/mol. The van der Waals surface area contributed by atoms with Crippen LogP contribution in [0.2, 0.25) is 5.28 Å². The highest BCUT2D eigenvalue weighted by atomic mass is 35.5. The van der Waals surface area contributed by atoms with E-state index < -0.39 is 0 Å². The molecule has 0 aliphatic heterocycles. The van der Waals surface area contributed by atoms with Crippen molar-refractivity contribution < 1.29 is 4.63 Å². The van der Waals surface area contributed by atoms with Crippen LogP contribution in [0.4, 0.5) is 5.82 Å². The fourth-order valence-electron chi connectivity index (χ4n) is 3.48. The van der Waals surface area contributed by atoms with Crippen LogP contribution in [-0.2, 0) is 6.54 Å². The van der Waals surface area contributed by atoms with Gasteiger partial charge < -0.3 is 9.88 Å². The molecule has 0 saturated heterocycles. The summed E-state index contributed by atoms with van der Waals surface area (Å²) in [4.78, 5) is 13.2. The number of aromatic nitrogens is 6. The van der Waals surface area contributed by atoms with Gasteiger partial charge in [-0.15, -0.1) is 0 Å². The molecule has 5 rings (SSSR count). The molecule has 2 aromatic carbocycles. The Bertz CT molecular complexity index is 1360. The van der Waals surface area contributed by atoms with Crippen LogP contribution in [0.15, 0.2) is 53.4 Å². The van der Waals surface area contributed by atoms with Gasteiger partial charge in [-0.05, 0) is 64.6 Å². The van der Waals surface area contributed by atoms with Gasteiger partial charge in [0, 0.05) is 12.6 Å². The van der Waals surface area contributed by atoms with Crippen LogP contribution in [0.1, 0.15) is 25.5 Å². The van der Waals surface area contributed by atoms with E-state index in [-0.39, 0.29) is 11.3 Å². The number of nitrogens with one attached hydrogen (secondary N) is 1. The van der Waals surface area contributed by atoms with E-state index in [4.69, 9.17) is 16.2 Å². The molecule has 0 unspecified atom stereocenters. The molecule has 0 bridgehead atoms. The van der Waals surface area contributed by atoms with Gasteiger partial charge in [0.15, 0.2) is 17.0 Å². The van der Waals surface area contributed by atoms with E-state index in [9.17, 15) is 0 Å². The van der Waals surface area contributed by atoms with Crippen molar-refractivity contribution in [1.29, 1.82) is 0 Å². The smallest absolute Gasteiger partial charge is 0.226 e. The van der Waals surface area contributed by atoms with E-state index in [1.165, 1.54) is 0 Å². The summed E-state index contributed by atoms with van der Waals surface area (Å²) in [5, 5.41) is 11.4. The molecule has 0 saturated carbocycles. The molecular weight excluding hydrogens is 402 g/mol. The number of fused-ring (bicyclic) bond motifs is 2. The van der Waals surface area contributed by atoms with Crippen molar-refractivity contribution in [2.24, 2.45) is 0 Å². The maximum absolute atomic E-state index is 6.19. The second-order valence-electron chi connectivity index (χ2n) is 7.24. The molecule has 0 aliphatic rings. The quantitative estimate of drug-likeness (QED) is 0.406. The predicted molar refractivity (Wildman–Crippen MR) is 115 cm³/mol. The number of imidazole rings is 1. The van der Waals surface area contributed by atoms with Gasteiger partial charge in [-0.2, -0.15) is 9.97 Å². The minimum absolute atomic E-state index is 0.185. The first kappa shape index (κ1) is 18.5. The van der Waals surface area contributed by atoms with Gasteiger partial charge in [-0.3, -0.25) is 0 Å². The molecule has 3 heterocycles. The third-order valence-corrected chi connectivity index (χ3v) is 5.15. The summed E-state index contributed by atoms with van der Waals surface area (Å²) in [5.41, 5.74) is 6.07. The highest BCUT2D eigenvalue weighted by Crippen LogP contribution is 2.28. The summed E-state index contributed by atoms with van der Waals surface area (Å²) in [6.45, 7) is 4.69. The Balaban J connectivity index is 1.49. The normalized spacial score (nSPS) is 11.6. The van der Waals surface area contributed by atoms with Crippen molar-refractivity contribution >= 4 is 39.6 Å². The Kier molecular flexibility index (Phi) is 4.55. The topological polar surface area (TPSA) is 94.6 Å². The highest BCUT2D eigenvalue weighted by Gasteiger charge is 2.15. The summed E-state index contributed by atoms with van der Waals surface area (Å²) in [6.07, 6.45) is 1.76. The Hall–Kier alpha value is -3.52. The standard InChI is InChI=1S/C21H18ClN7O/c1-12(2)29-11-24-18-19(25-21(22)26-20(18)29)23-10-14-5-3-4-6-15(14)13-7-8-16-17(9-13)28-30-27-16/h3-9,11-12H,10H2,1-2H3,(H,23,25,26). The lowest BCUT2D eigenvalue weighted by molar-refractivity contribution is 0.315. The number of benzene rings is 2. The molecule has 0 spiro atoms. The molecule has 8 nitrogen and oxygen atoms in total. The second kappa shape index (κ2) is 7.38. The third kappa shape index (κ3) is 3.25. The fraction of sp³-hybridized carbons (Fsp3) is 0.190. The zero-order valence-corrected chi connectivity index (χ0v) is 17.1. The second-order valence-corrected chi connectivity index (χ2v) is 7.58. The van der Waals surface area contributed by atoms with Crippen molar-refractivity contribution in [2.75, 3.05) is 5.32 Å². The number of nitrogens with zero attached hydrogens (tertiary/aromatic N) is 6. The van der Waals surface area contributed by atoms with Crippen LogP contribution in [-0.4, -0.2) is 29.8 Å². The summed E-state index contributed by atoms with van der Waals surface area (Å²) in [6, 6.07) is 14.3. The zero-order valence-electron chi connectivity index (χ0n) is 16.4. The monoisotopic (exact) mass is 419 g/mol. The van der Waals surface area contributed by atoms with Gasteiger partial charge in [0.25, 0.3) is 0 Å². The van der Waals surface area contributed by atoms with Gasteiger partial charge in [0.05, 0.1) is 6.33 Å². The molecule has 0 aliphatic carbocycles. The van der Waals surface area contributed by atoms with E-state index in [1.54, 1.807) is 6.33 Å². The first-order valence-corrected chi connectivity index (χ1v) is 9.92. The van der Waals surface area contributed by atoms with Gasteiger partial charge in [0.2, 0.25) is 5.28 Å². The van der Waals surface area contributed by atoms with Gasteiger partial charge in [-0.25, -0.2) is 9.61 Å². The molecule has 0 atom stereocenters. The molecule has 30 heavy (non-hydrogen) atoms. The highest BCUT2D eigenvalue weighted by molar-refractivity contribution is 6.28. The number of hydrogen-bond acceptors (Lipinski definition) is 7. The lowest BCUT2D eigenvalue weighted by Gasteiger charge is -2.12. The van der Waals surface area contributed by atoms with Crippen LogP contribution in [0.5, 0.6) is 0 Å². The lowest BCUT2D eigenvalue weighted by Crippen LogP contribution is -2.06. The number of anilines is 1. The molecule has 150 valence electrons. The Labute approximate surface area is 176 Å². The third-order valence-electron chi connectivity index (χ3n) is 4.98. The number of hydrogen-bond donors (Lipinski definition) is 1. The van der Waals surface area contributed by atoms with Crippen LogP contribution < -0.4 is 5.32 Å². The van der Waals surface area contributed by atoms with Gasteiger partial charge >= 0.3 is 0 Å². The van der Waals surface area contributed by atoms with Gasteiger partial charge in [0.1, 0.15) is 11.0 Å². The van der Waals surface area contributed by atoms with E-state index in [2.05, 4.69) is 56.6 Å². The van der Waals surface area contributed by atoms with E-state index in [1.807, 2.05) is 34.9 Å². The Morgan fingerprint density at radius 2 is 1.90 bits per heavy atom. The van der Waals surface area contributed by atoms with Crippen molar-refractivity contribution in [3.05, 3.63) is 59.6 Å². The van der Waals surface area contributed by atoms with E-state index in [0.29, 0.717) is 23.5 Å². The number of halogens is 1. The molecule has 0 fully saturated rings. The molecule has 1 N–H and O–H groups in total. The van der Waals surface area contributed by atoms with Crippen LogP contribution in [0.25, 0.3) is 33.3 Å². The minimum Gasteiger partial charge on any atom is -0.364 e. The lowest BCUT2D eigenvalue weighted by atomic mass is 9.99. The molecule has 9 heteroatoms. The summed E-state index contributed by atoms with van der Waals surface area (Å²) >= 11 is 6.19. The van der Waals surface area contributed by atoms with Crippen LogP contribution >= 0.6 is 11.6 Å². The molecule has 5 aromatic rings. The van der Waals surface area contributed by atoms with Crippen molar-refractivity contribution in [3.8, 4) is 11.1 Å². The maximum Gasteiger partial charge on any atom is 0.226 e. The first-order valence-electron chi connectivity index (χ1n) is 9.54. The first-order chi connectivity index (χ1) is 14.6. The predicted octanol–water partition coefficient (Wildman–Crippen LogP) is 4.88. The summed E-state index contributed by atoms with van der Waals surface area (Å²) < 4.78 is 6.79. The van der Waals surface area contributed by atoms with E-state index in [0.717, 1.165) is 27.7 Å². The Morgan fingerprint density at radius 1 is 1.07 bits per heavy atom.